The number of hydrogen-bond acceptors (Lipinski definition) is 3. The molecule has 2 aromatic rings. The molecule has 1 atom stereocenters. The quantitative estimate of drug-likeness (QED) is 0.793. The lowest BCUT2D eigenvalue weighted by molar-refractivity contribution is 0.0338. The van der Waals surface area contributed by atoms with Gasteiger partial charge in [-0.1, -0.05) is 29.8 Å². The van der Waals surface area contributed by atoms with E-state index >= 15 is 0 Å². The van der Waals surface area contributed by atoms with Crippen LogP contribution >= 0.6 is 0 Å². The Hall–Kier alpha value is -2.60. The van der Waals surface area contributed by atoms with Crippen LogP contribution in [0.1, 0.15) is 40.1 Å². The maximum Gasteiger partial charge on any atom is 0.338 e. The summed E-state index contributed by atoms with van der Waals surface area (Å²) in [5.74, 6) is -0.387. The third kappa shape index (κ3) is 3.24. The van der Waals surface area contributed by atoms with Gasteiger partial charge < -0.3 is 4.74 Å². The SMILES string of the molecule is Cc1ccc([C@@H](C)OC(=O)c2ccc(C#N)cc2)cc1. The number of nitriles is 1. The van der Waals surface area contributed by atoms with Crippen molar-refractivity contribution in [2.24, 2.45) is 0 Å². The number of rotatable bonds is 3. The zero-order valence-electron chi connectivity index (χ0n) is 11.5. The minimum absolute atomic E-state index is 0.307. The first kappa shape index (κ1) is 13.8. The van der Waals surface area contributed by atoms with Crippen molar-refractivity contribution in [2.75, 3.05) is 0 Å². The minimum atomic E-state index is -0.387. The van der Waals surface area contributed by atoms with E-state index in [1.807, 2.05) is 44.2 Å². The average Bonchev–Trinajstić information content (AvgIpc) is 2.48. The second kappa shape index (κ2) is 6.03. The van der Waals surface area contributed by atoms with Gasteiger partial charge in [-0.3, -0.25) is 0 Å². The van der Waals surface area contributed by atoms with E-state index in [2.05, 4.69) is 0 Å². The highest BCUT2D eigenvalue weighted by molar-refractivity contribution is 5.89. The molecule has 0 radical (unpaired) electrons. The number of esters is 1. The molecule has 0 aliphatic carbocycles. The predicted octanol–water partition coefficient (Wildman–Crippen LogP) is 3.78. The van der Waals surface area contributed by atoms with Gasteiger partial charge in [0, 0.05) is 0 Å². The highest BCUT2D eigenvalue weighted by Crippen LogP contribution is 2.19. The lowest BCUT2D eigenvalue weighted by Crippen LogP contribution is -2.09. The maximum absolute atomic E-state index is 12.0. The largest absolute Gasteiger partial charge is 0.454 e. The molecule has 20 heavy (non-hydrogen) atoms. The van der Waals surface area contributed by atoms with Crippen molar-refractivity contribution < 1.29 is 9.53 Å². The fourth-order valence-corrected chi connectivity index (χ4v) is 1.81. The van der Waals surface area contributed by atoms with Gasteiger partial charge in [-0.05, 0) is 43.7 Å². The molecule has 0 aromatic heterocycles. The number of ether oxygens (including phenoxy) is 1. The number of nitrogens with zero attached hydrogens (tertiary/aromatic N) is 1. The van der Waals surface area contributed by atoms with Crippen molar-refractivity contribution in [1.82, 2.24) is 0 Å². The van der Waals surface area contributed by atoms with Gasteiger partial charge in [-0.25, -0.2) is 4.79 Å². The summed E-state index contributed by atoms with van der Waals surface area (Å²) in [5, 5.41) is 8.72. The van der Waals surface area contributed by atoms with Crippen molar-refractivity contribution >= 4 is 5.97 Å². The third-order valence-corrected chi connectivity index (χ3v) is 3.08. The summed E-state index contributed by atoms with van der Waals surface area (Å²) in [4.78, 5) is 12.0. The summed E-state index contributed by atoms with van der Waals surface area (Å²) < 4.78 is 5.41. The molecule has 0 aliphatic heterocycles. The Morgan fingerprint density at radius 1 is 1.10 bits per heavy atom. The lowest BCUT2D eigenvalue weighted by atomic mass is 10.1. The normalized spacial score (nSPS) is 11.4. The van der Waals surface area contributed by atoms with Gasteiger partial charge in [0.1, 0.15) is 6.10 Å². The maximum atomic E-state index is 12.0. The van der Waals surface area contributed by atoms with Crippen LogP contribution in [0.4, 0.5) is 0 Å². The Balaban J connectivity index is 2.06. The summed E-state index contributed by atoms with van der Waals surface area (Å²) in [6.07, 6.45) is -0.307. The zero-order chi connectivity index (χ0) is 14.5. The summed E-state index contributed by atoms with van der Waals surface area (Å²) in [5.41, 5.74) is 3.09. The molecule has 3 heteroatoms. The molecular weight excluding hydrogens is 250 g/mol. The molecule has 0 heterocycles. The Bertz CT molecular complexity index is 636. The van der Waals surface area contributed by atoms with Crippen molar-refractivity contribution in [2.45, 2.75) is 20.0 Å². The van der Waals surface area contributed by atoms with E-state index in [1.165, 1.54) is 5.56 Å². The van der Waals surface area contributed by atoms with Crippen molar-refractivity contribution in [3.05, 3.63) is 70.8 Å². The van der Waals surface area contributed by atoms with E-state index in [0.29, 0.717) is 11.1 Å². The summed E-state index contributed by atoms with van der Waals surface area (Å²) in [6, 6.07) is 16.3. The van der Waals surface area contributed by atoms with Gasteiger partial charge in [0.25, 0.3) is 0 Å². The van der Waals surface area contributed by atoms with E-state index in [9.17, 15) is 4.79 Å². The highest BCUT2D eigenvalue weighted by Gasteiger charge is 2.13. The number of benzene rings is 2. The van der Waals surface area contributed by atoms with Crippen LogP contribution in [0.3, 0.4) is 0 Å². The fourth-order valence-electron chi connectivity index (χ4n) is 1.81. The Morgan fingerprint density at radius 2 is 1.70 bits per heavy atom. The smallest absolute Gasteiger partial charge is 0.338 e. The van der Waals surface area contributed by atoms with Crippen LogP contribution in [-0.2, 0) is 4.74 Å². The molecule has 0 unspecified atom stereocenters. The second-order valence-corrected chi connectivity index (χ2v) is 4.65. The van der Waals surface area contributed by atoms with Crippen LogP contribution in [-0.4, -0.2) is 5.97 Å². The first-order chi connectivity index (χ1) is 9.60. The highest BCUT2D eigenvalue weighted by atomic mass is 16.5. The van der Waals surface area contributed by atoms with Gasteiger partial charge in [0.15, 0.2) is 0 Å². The van der Waals surface area contributed by atoms with Gasteiger partial charge in [-0.2, -0.15) is 5.26 Å². The molecule has 2 aromatic carbocycles. The van der Waals surface area contributed by atoms with Crippen molar-refractivity contribution in [3.8, 4) is 6.07 Å². The van der Waals surface area contributed by atoms with Gasteiger partial charge >= 0.3 is 5.97 Å². The number of carbonyl (C=O) groups is 1. The standard InChI is InChI=1S/C17H15NO2/c1-12-3-7-15(8-4-12)13(2)20-17(19)16-9-5-14(11-18)6-10-16/h3-10,13H,1-2H3/t13-/m1/s1. The molecular formula is C17H15NO2. The molecule has 2 rings (SSSR count). The molecule has 0 saturated heterocycles. The van der Waals surface area contributed by atoms with Crippen LogP contribution in [0.25, 0.3) is 0 Å². The van der Waals surface area contributed by atoms with Crippen LogP contribution in [0.2, 0.25) is 0 Å². The van der Waals surface area contributed by atoms with Crippen molar-refractivity contribution in [1.29, 1.82) is 5.26 Å². The fraction of sp³-hybridized carbons (Fsp3) is 0.176. The summed E-state index contributed by atoms with van der Waals surface area (Å²) in [6.45, 7) is 3.85. The van der Waals surface area contributed by atoms with E-state index < -0.39 is 0 Å². The monoisotopic (exact) mass is 265 g/mol. The minimum Gasteiger partial charge on any atom is -0.454 e. The molecule has 0 saturated carbocycles. The molecule has 100 valence electrons. The van der Waals surface area contributed by atoms with Crippen LogP contribution < -0.4 is 0 Å². The topological polar surface area (TPSA) is 50.1 Å². The Morgan fingerprint density at radius 3 is 2.25 bits per heavy atom. The van der Waals surface area contributed by atoms with Crippen LogP contribution in [0, 0.1) is 18.3 Å². The average molecular weight is 265 g/mol. The summed E-state index contributed by atoms with van der Waals surface area (Å²) >= 11 is 0. The summed E-state index contributed by atoms with van der Waals surface area (Å²) in [7, 11) is 0. The van der Waals surface area contributed by atoms with E-state index in [1.54, 1.807) is 24.3 Å². The third-order valence-electron chi connectivity index (χ3n) is 3.08. The molecule has 0 bridgehead atoms. The van der Waals surface area contributed by atoms with Crippen molar-refractivity contribution in [3.63, 3.8) is 0 Å². The lowest BCUT2D eigenvalue weighted by Gasteiger charge is -2.13. The number of carbonyl (C=O) groups excluding carboxylic acids is 1. The Kier molecular flexibility index (Phi) is 4.17. The number of hydrogen-bond donors (Lipinski definition) is 0. The van der Waals surface area contributed by atoms with E-state index in [0.717, 1.165) is 5.56 Å². The van der Waals surface area contributed by atoms with E-state index in [-0.39, 0.29) is 12.1 Å². The van der Waals surface area contributed by atoms with E-state index in [4.69, 9.17) is 10.00 Å². The molecule has 0 amide bonds. The number of aryl methyl sites for hydroxylation is 1. The van der Waals surface area contributed by atoms with Crippen LogP contribution in [0.5, 0.6) is 0 Å². The van der Waals surface area contributed by atoms with Gasteiger partial charge in [0.05, 0.1) is 17.2 Å². The molecule has 0 fully saturated rings. The predicted molar refractivity (Wildman–Crippen MR) is 76.2 cm³/mol. The van der Waals surface area contributed by atoms with Gasteiger partial charge in [0.2, 0.25) is 0 Å². The molecule has 3 nitrogen and oxygen atoms in total. The first-order valence-corrected chi connectivity index (χ1v) is 6.38. The first-order valence-electron chi connectivity index (χ1n) is 6.38. The molecule has 0 spiro atoms. The van der Waals surface area contributed by atoms with Gasteiger partial charge in [-0.15, -0.1) is 0 Å². The molecule has 0 aliphatic rings. The second-order valence-electron chi connectivity index (χ2n) is 4.65. The molecule has 0 N–H and O–H groups in total. The Labute approximate surface area is 118 Å². The zero-order valence-corrected chi connectivity index (χ0v) is 11.5. The van der Waals surface area contributed by atoms with Crippen LogP contribution in [0.15, 0.2) is 48.5 Å².